The quantitative estimate of drug-likeness (QED) is 0.866. The Morgan fingerprint density at radius 1 is 1.59 bits per heavy atom. The molecule has 0 saturated carbocycles. The van der Waals surface area contributed by atoms with E-state index in [4.69, 9.17) is 4.74 Å². The van der Waals surface area contributed by atoms with Gasteiger partial charge in [-0.15, -0.1) is 11.3 Å². The molecule has 0 bridgehead atoms. The summed E-state index contributed by atoms with van der Waals surface area (Å²) in [5.41, 5.74) is 1.54. The summed E-state index contributed by atoms with van der Waals surface area (Å²) in [6.45, 7) is 7.34. The van der Waals surface area contributed by atoms with Crippen LogP contribution in [0.1, 0.15) is 23.4 Å². The van der Waals surface area contributed by atoms with Crippen molar-refractivity contribution < 1.29 is 4.74 Å². The van der Waals surface area contributed by atoms with Crippen molar-refractivity contribution in [3.63, 3.8) is 0 Å². The van der Waals surface area contributed by atoms with E-state index in [1.54, 1.807) is 4.88 Å². The highest BCUT2D eigenvalue weighted by Crippen LogP contribution is 2.32. The zero-order valence-corrected chi connectivity index (χ0v) is 11.1. The molecule has 1 saturated heterocycles. The van der Waals surface area contributed by atoms with E-state index in [2.05, 4.69) is 28.6 Å². The molecule has 3 rings (SSSR count). The van der Waals surface area contributed by atoms with Gasteiger partial charge >= 0.3 is 0 Å². The summed E-state index contributed by atoms with van der Waals surface area (Å²) in [4.78, 5) is 4.17. The molecule has 2 unspecified atom stereocenters. The zero-order chi connectivity index (χ0) is 11.7. The Bertz CT molecular complexity index is 373. The number of nitrogens with zero attached hydrogens (tertiary/aromatic N) is 1. The van der Waals surface area contributed by atoms with Gasteiger partial charge in [-0.2, -0.15) is 0 Å². The molecule has 0 radical (unpaired) electrons. The minimum absolute atomic E-state index is 0.506. The number of morpholine rings is 1. The van der Waals surface area contributed by atoms with Crippen LogP contribution in [0.2, 0.25) is 0 Å². The van der Waals surface area contributed by atoms with Crippen molar-refractivity contribution in [1.29, 1.82) is 0 Å². The molecule has 2 atom stereocenters. The summed E-state index contributed by atoms with van der Waals surface area (Å²) < 4.78 is 5.53. The van der Waals surface area contributed by atoms with Gasteiger partial charge in [0.1, 0.15) is 0 Å². The molecule has 2 aliphatic heterocycles. The minimum Gasteiger partial charge on any atom is -0.378 e. The van der Waals surface area contributed by atoms with Gasteiger partial charge in [0.25, 0.3) is 0 Å². The fraction of sp³-hybridized carbons (Fsp3) is 0.692. The number of thiophene rings is 1. The van der Waals surface area contributed by atoms with Gasteiger partial charge in [0.15, 0.2) is 0 Å². The molecule has 0 spiro atoms. The van der Waals surface area contributed by atoms with E-state index in [0.717, 1.165) is 26.3 Å². The lowest BCUT2D eigenvalue weighted by Gasteiger charge is -2.37. The summed E-state index contributed by atoms with van der Waals surface area (Å²) in [6, 6.07) is 3.36. The molecule has 2 aliphatic rings. The topological polar surface area (TPSA) is 24.5 Å². The van der Waals surface area contributed by atoms with Crippen LogP contribution < -0.4 is 5.32 Å². The predicted molar refractivity (Wildman–Crippen MR) is 70.6 cm³/mol. The van der Waals surface area contributed by atoms with Crippen LogP contribution in [0.25, 0.3) is 0 Å². The monoisotopic (exact) mass is 252 g/mol. The van der Waals surface area contributed by atoms with E-state index in [1.165, 1.54) is 18.5 Å². The van der Waals surface area contributed by atoms with E-state index in [9.17, 15) is 0 Å². The molecular weight excluding hydrogens is 232 g/mol. The molecule has 94 valence electrons. The Kier molecular flexibility index (Phi) is 3.47. The lowest BCUT2D eigenvalue weighted by atomic mass is 10.0. The van der Waals surface area contributed by atoms with E-state index >= 15 is 0 Å². The van der Waals surface area contributed by atoms with Crippen molar-refractivity contribution >= 4 is 11.3 Å². The number of nitrogens with one attached hydrogen (secondary N) is 1. The Labute approximate surface area is 107 Å². The number of hydrogen-bond donors (Lipinski definition) is 1. The van der Waals surface area contributed by atoms with Crippen molar-refractivity contribution in [2.75, 3.05) is 32.8 Å². The van der Waals surface area contributed by atoms with E-state index in [-0.39, 0.29) is 0 Å². The molecule has 17 heavy (non-hydrogen) atoms. The highest BCUT2D eigenvalue weighted by molar-refractivity contribution is 7.10. The Balaban J connectivity index is 1.65. The maximum absolute atomic E-state index is 5.53. The lowest BCUT2D eigenvalue weighted by molar-refractivity contribution is 0.0540. The summed E-state index contributed by atoms with van der Waals surface area (Å²) in [7, 11) is 0. The molecule has 1 N–H and O–H groups in total. The zero-order valence-electron chi connectivity index (χ0n) is 10.3. The highest BCUT2D eigenvalue weighted by Gasteiger charge is 2.27. The average molecular weight is 252 g/mol. The van der Waals surface area contributed by atoms with E-state index in [1.807, 2.05) is 11.3 Å². The van der Waals surface area contributed by atoms with Gasteiger partial charge in [0.05, 0.1) is 13.2 Å². The lowest BCUT2D eigenvalue weighted by Crippen LogP contribution is -2.50. The summed E-state index contributed by atoms with van der Waals surface area (Å²) in [5.74, 6) is 0. The molecule has 0 aliphatic carbocycles. The van der Waals surface area contributed by atoms with Gasteiger partial charge in [-0.25, -0.2) is 0 Å². The van der Waals surface area contributed by atoms with Gasteiger partial charge in [0.2, 0.25) is 0 Å². The second-order valence-electron chi connectivity index (χ2n) is 4.95. The van der Waals surface area contributed by atoms with Crippen molar-refractivity contribution in [2.45, 2.75) is 25.4 Å². The van der Waals surface area contributed by atoms with Gasteiger partial charge in [0, 0.05) is 36.6 Å². The fourth-order valence-electron chi connectivity index (χ4n) is 2.83. The first-order valence-corrected chi connectivity index (χ1v) is 7.34. The Morgan fingerprint density at radius 3 is 3.35 bits per heavy atom. The van der Waals surface area contributed by atoms with Crippen molar-refractivity contribution in [3.8, 4) is 0 Å². The summed E-state index contributed by atoms with van der Waals surface area (Å²) in [6.07, 6.45) is 1.21. The fourth-order valence-corrected chi connectivity index (χ4v) is 3.79. The molecule has 3 nitrogen and oxygen atoms in total. The third kappa shape index (κ3) is 2.40. The molecule has 1 fully saturated rings. The Morgan fingerprint density at radius 2 is 2.53 bits per heavy atom. The predicted octanol–water partition coefficient (Wildman–Crippen LogP) is 1.66. The van der Waals surface area contributed by atoms with E-state index in [0.29, 0.717) is 12.1 Å². The minimum atomic E-state index is 0.506. The first-order chi connectivity index (χ1) is 8.34. The molecular formula is C13H20N2OS. The number of rotatable bonds is 2. The molecule has 0 aromatic carbocycles. The van der Waals surface area contributed by atoms with E-state index < -0.39 is 0 Å². The molecule has 0 amide bonds. The van der Waals surface area contributed by atoms with Crippen LogP contribution >= 0.6 is 11.3 Å². The SMILES string of the molecule is CC1c2ccsc2CCN1CC1COCCN1. The number of hydrogen-bond acceptors (Lipinski definition) is 4. The third-order valence-electron chi connectivity index (χ3n) is 3.86. The van der Waals surface area contributed by atoms with Crippen molar-refractivity contribution in [1.82, 2.24) is 10.2 Å². The molecule has 4 heteroatoms. The smallest absolute Gasteiger partial charge is 0.0632 e. The van der Waals surface area contributed by atoms with Gasteiger partial charge < -0.3 is 10.1 Å². The van der Waals surface area contributed by atoms with Gasteiger partial charge in [-0.05, 0) is 30.4 Å². The highest BCUT2D eigenvalue weighted by atomic mass is 32.1. The second kappa shape index (κ2) is 5.06. The summed E-state index contributed by atoms with van der Waals surface area (Å²) in [5, 5.41) is 5.77. The normalized spacial score (nSPS) is 30.2. The molecule has 3 heterocycles. The maximum Gasteiger partial charge on any atom is 0.0632 e. The molecule has 1 aromatic rings. The van der Waals surface area contributed by atoms with Crippen LogP contribution in [0.3, 0.4) is 0 Å². The first kappa shape index (κ1) is 11.7. The van der Waals surface area contributed by atoms with Crippen LogP contribution in [0, 0.1) is 0 Å². The van der Waals surface area contributed by atoms with Gasteiger partial charge in [-0.1, -0.05) is 0 Å². The van der Waals surface area contributed by atoms with Gasteiger partial charge in [-0.3, -0.25) is 4.90 Å². The van der Waals surface area contributed by atoms with Crippen LogP contribution in [0.4, 0.5) is 0 Å². The summed E-state index contributed by atoms with van der Waals surface area (Å²) >= 11 is 1.91. The van der Waals surface area contributed by atoms with Crippen molar-refractivity contribution in [3.05, 3.63) is 21.9 Å². The Hall–Kier alpha value is -0.420. The third-order valence-corrected chi connectivity index (χ3v) is 4.85. The maximum atomic E-state index is 5.53. The average Bonchev–Trinajstić information content (AvgIpc) is 2.83. The van der Waals surface area contributed by atoms with Crippen LogP contribution in [0.5, 0.6) is 0 Å². The number of ether oxygens (including phenoxy) is 1. The second-order valence-corrected chi connectivity index (χ2v) is 5.95. The standard InChI is InChI=1S/C13H20N2OS/c1-10-12-3-7-17-13(12)2-5-15(10)8-11-9-16-6-4-14-11/h3,7,10-11,14H,2,4-6,8-9H2,1H3. The largest absolute Gasteiger partial charge is 0.378 e. The van der Waals surface area contributed by atoms with Crippen molar-refractivity contribution in [2.24, 2.45) is 0 Å². The number of fused-ring (bicyclic) bond motifs is 1. The molecule has 1 aromatic heterocycles. The first-order valence-electron chi connectivity index (χ1n) is 6.46. The van der Waals surface area contributed by atoms with Crippen LogP contribution in [-0.4, -0.2) is 43.8 Å². The van der Waals surface area contributed by atoms with Crippen LogP contribution in [-0.2, 0) is 11.2 Å². The van der Waals surface area contributed by atoms with Crippen LogP contribution in [0.15, 0.2) is 11.4 Å².